The van der Waals surface area contributed by atoms with Crippen LogP contribution < -0.4 is 11.1 Å². The largest absolute Gasteiger partial charge is 0.391 e. The van der Waals surface area contributed by atoms with Crippen LogP contribution >= 0.6 is 0 Å². The molecule has 4 N–H and O–H groups in total. The molecule has 1 unspecified atom stereocenters. The normalized spacial score (nSPS) is 13.1. The van der Waals surface area contributed by atoms with Crippen LogP contribution in [0.15, 0.2) is 6.33 Å². The van der Waals surface area contributed by atoms with Gasteiger partial charge in [0.1, 0.15) is 18.0 Å². The summed E-state index contributed by atoms with van der Waals surface area (Å²) in [5.41, 5.74) is 6.74. The first-order valence-electron chi connectivity index (χ1n) is 5.95. The van der Waals surface area contributed by atoms with Crippen molar-refractivity contribution in [2.45, 2.75) is 39.7 Å². The molecule has 0 fully saturated rings. The smallest absolute Gasteiger partial charge is 0.135 e. The van der Waals surface area contributed by atoms with E-state index < -0.39 is 6.10 Å². The molecular formula is C12H22N4O. The molecule has 0 aliphatic carbocycles. The first-order valence-corrected chi connectivity index (χ1v) is 5.95. The lowest BCUT2D eigenvalue weighted by Gasteiger charge is -2.18. The van der Waals surface area contributed by atoms with E-state index in [1.807, 2.05) is 27.7 Å². The van der Waals surface area contributed by atoms with E-state index in [1.165, 1.54) is 6.33 Å². The highest BCUT2D eigenvalue weighted by Crippen LogP contribution is 2.26. The summed E-state index contributed by atoms with van der Waals surface area (Å²) >= 11 is 0. The minimum Gasteiger partial charge on any atom is -0.391 e. The molecule has 5 heteroatoms. The molecule has 0 amide bonds. The number of nitrogen functional groups attached to an aromatic ring is 1. The van der Waals surface area contributed by atoms with Crippen LogP contribution in [-0.4, -0.2) is 27.7 Å². The van der Waals surface area contributed by atoms with E-state index in [9.17, 15) is 5.11 Å². The predicted octanol–water partition coefficient (Wildman–Crippen LogP) is 1.61. The third-order valence-corrected chi connectivity index (χ3v) is 2.74. The van der Waals surface area contributed by atoms with Gasteiger partial charge in [-0.25, -0.2) is 9.97 Å². The van der Waals surface area contributed by atoms with E-state index in [1.54, 1.807) is 0 Å². The van der Waals surface area contributed by atoms with Crippen LogP contribution in [0.4, 0.5) is 11.6 Å². The number of nitrogens with zero attached hydrogens (tertiary/aromatic N) is 2. The predicted molar refractivity (Wildman–Crippen MR) is 69.9 cm³/mol. The molecule has 1 aromatic rings. The quantitative estimate of drug-likeness (QED) is 0.725. The number of hydrogen-bond acceptors (Lipinski definition) is 5. The fourth-order valence-electron chi connectivity index (χ4n) is 1.56. The van der Waals surface area contributed by atoms with Crippen molar-refractivity contribution in [3.8, 4) is 0 Å². The lowest BCUT2D eigenvalue weighted by Crippen LogP contribution is -2.25. The summed E-state index contributed by atoms with van der Waals surface area (Å²) < 4.78 is 0. The monoisotopic (exact) mass is 238 g/mol. The molecule has 0 radical (unpaired) electrons. The van der Waals surface area contributed by atoms with Crippen LogP contribution in [0.25, 0.3) is 0 Å². The third-order valence-electron chi connectivity index (χ3n) is 2.74. The molecule has 1 heterocycles. The Morgan fingerprint density at radius 3 is 2.47 bits per heavy atom. The summed E-state index contributed by atoms with van der Waals surface area (Å²) in [4.78, 5) is 8.17. The lowest BCUT2D eigenvalue weighted by atomic mass is 10.0. The molecule has 0 saturated heterocycles. The van der Waals surface area contributed by atoms with Crippen LogP contribution in [0.3, 0.4) is 0 Å². The molecule has 1 rings (SSSR count). The highest BCUT2D eigenvalue weighted by molar-refractivity contribution is 5.56. The first-order chi connectivity index (χ1) is 7.93. The minimum absolute atomic E-state index is 0.212. The van der Waals surface area contributed by atoms with Gasteiger partial charge in [-0.1, -0.05) is 27.7 Å². The van der Waals surface area contributed by atoms with Crippen molar-refractivity contribution in [1.29, 1.82) is 0 Å². The Morgan fingerprint density at radius 1 is 1.29 bits per heavy atom. The Kier molecular flexibility index (Phi) is 4.69. The Hall–Kier alpha value is -1.36. The van der Waals surface area contributed by atoms with E-state index in [2.05, 4.69) is 15.3 Å². The highest BCUT2D eigenvalue weighted by atomic mass is 16.3. The Bertz CT molecular complexity index is 366. The lowest BCUT2D eigenvalue weighted by molar-refractivity contribution is 0.138. The summed E-state index contributed by atoms with van der Waals surface area (Å²) in [6.45, 7) is 8.50. The van der Waals surface area contributed by atoms with E-state index in [4.69, 9.17) is 5.73 Å². The molecule has 96 valence electrons. The number of rotatable bonds is 5. The molecular weight excluding hydrogens is 216 g/mol. The van der Waals surface area contributed by atoms with Gasteiger partial charge in [-0.05, 0) is 11.8 Å². The highest BCUT2D eigenvalue weighted by Gasteiger charge is 2.15. The zero-order valence-electron chi connectivity index (χ0n) is 10.9. The molecule has 5 nitrogen and oxygen atoms in total. The Labute approximate surface area is 102 Å². The molecule has 0 aliphatic rings. The van der Waals surface area contributed by atoms with Gasteiger partial charge in [-0.15, -0.1) is 0 Å². The van der Waals surface area contributed by atoms with Crippen LogP contribution in [0, 0.1) is 5.92 Å². The summed E-state index contributed by atoms with van der Waals surface area (Å²) in [5, 5.41) is 12.9. The standard InChI is InChI=1S/C12H22N4O/c1-7(2)9(17)5-14-12-10(8(3)4)11(13)15-6-16-12/h6-9,17H,5H2,1-4H3,(H3,13,14,15,16). The zero-order valence-corrected chi connectivity index (χ0v) is 10.9. The topological polar surface area (TPSA) is 84.1 Å². The molecule has 0 spiro atoms. The molecule has 0 saturated carbocycles. The molecule has 0 aromatic carbocycles. The van der Waals surface area contributed by atoms with Gasteiger partial charge in [0, 0.05) is 12.1 Å². The van der Waals surface area contributed by atoms with Gasteiger partial charge in [0.15, 0.2) is 0 Å². The van der Waals surface area contributed by atoms with Crippen molar-refractivity contribution < 1.29 is 5.11 Å². The number of anilines is 2. The van der Waals surface area contributed by atoms with Crippen molar-refractivity contribution in [3.63, 3.8) is 0 Å². The summed E-state index contributed by atoms with van der Waals surface area (Å²) in [6, 6.07) is 0. The van der Waals surface area contributed by atoms with Gasteiger partial charge in [0.2, 0.25) is 0 Å². The summed E-state index contributed by atoms with van der Waals surface area (Å²) in [7, 11) is 0. The molecule has 0 bridgehead atoms. The van der Waals surface area contributed by atoms with Gasteiger partial charge < -0.3 is 16.2 Å². The second-order valence-corrected chi connectivity index (χ2v) is 4.87. The van der Waals surface area contributed by atoms with Gasteiger partial charge >= 0.3 is 0 Å². The number of aromatic nitrogens is 2. The van der Waals surface area contributed by atoms with Gasteiger partial charge in [-0.3, -0.25) is 0 Å². The second-order valence-electron chi connectivity index (χ2n) is 4.87. The fraction of sp³-hybridized carbons (Fsp3) is 0.667. The molecule has 17 heavy (non-hydrogen) atoms. The molecule has 1 aromatic heterocycles. The van der Waals surface area contributed by atoms with E-state index >= 15 is 0 Å². The van der Waals surface area contributed by atoms with E-state index in [-0.39, 0.29) is 11.8 Å². The van der Waals surface area contributed by atoms with E-state index in [0.29, 0.717) is 18.2 Å². The zero-order chi connectivity index (χ0) is 13.0. The third kappa shape index (κ3) is 3.56. The van der Waals surface area contributed by atoms with Crippen molar-refractivity contribution in [3.05, 3.63) is 11.9 Å². The van der Waals surface area contributed by atoms with Gasteiger partial charge in [-0.2, -0.15) is 0 Å². The number of aliphatic hydroxyl groups excluding tert-OH is 1. The average Bonchev–Trinajstić information content (AvgIpc) is 2.24. The Balaban J connectivity index is 2.81. The number of aliphatic hydroxyl groups is 1. The maximum absolute atomic E-state index is 9.75. The Morgan fingerprint density at radius 2 is 1.94 bits per heavy atom. The summed E-state index contributed by atoms with van der Waals surface area (Å²) in [6.07, 6.45) is 1.04. The van der Waals surface area contributed by atoms with Crippen molar-refractivity contribution >= 4 is 11.6 Å². The minimum atomic E-state index is -0.397. The van der Waals surface area contributed by atoms with Crippen LogP contribution in [0.1, 0.15) is 39.2 Å². The number of hydrogen-bond donors (Lipinski definition) is 3. The van der Waals surface area contributed by atoms with Crippen molar-refractivity contribution in [2.24, 2.45) is 5.92 Å². The molecule has 0 aliphatic heterocycles. The SMILES string of the molecule is CC(C)c1c(N)ncnc1NCC(O)C(C)C. The van der Waals surface area contributed by atoms with Crippen molar-refractivity contribution in [2.75, 3.05) is 17.6 Å². The van der Waals surface area contributed by atoms with Gasteiger partial charge in [0.25, 0.3) is 0 Å². The second kappa shape index (κ2) is 5.82. The maximum atomic E-state index is 9.75. The number of nitrogens with one attached hydrogen (secondary N) is 1. The summed E-state index contributed by atoms with van der Waals surface area (Å²) in [5.74, 6) is 1.67. The maximum Gasteiger partial charge on any atom is 0.135 e. The van der Waals surface area contributed by atoms with Crippen molar-refractivity contribution in [1.82, 2.24) is 9.97 Å². The average molecular weight is 238 g/mol. The first kappa shape index (κ1) is 13.7. The van der Waals surface area contributed by atoms with Crippen LogP contribution in [0.2, 0.25) is 0 Å². The fourth-order valence-corrected chi connectivity index (χ4v) is 1.56. The van der Waals surface area contributed by atoms with Crippen LogP contribution in [0.5, 0.6) is 0 Å². The van der Waals surface area contributed by atoms with Gasteiger partial charge in [0.05, 0.1) is 6.10 Å². The van der Waals surface area contributed by atoms with Crippen LogP contribution in [-0.2, 0) is 0 Å². The van der Waals surface area contributed by atoms with E-state index in [0.717, 1.165) is 5.56 Å². The molecule has 1 atom stereocenters. The number of nitrogens with two attached hydrogens (primary N) is 1.